The number of nitrogens with zero attached hydrogens (tertiary/aromatic N) is 4. The first kappa shape index (κ1) is 41.1. The lowest BCUT2D eigenvalue weighted by Gasteiger charge is -2.35. The summed E-state index contributed by atoms with van der Waals surface area (Å²) in [6.07, 6.45) is -2.28. The van der Waals surface area contributed by atoms with Gasteiger partial charge in [0.2, 0.25) is 0 Å². The van der Waals surface area contributed by atoms with Crippen molar-refractivity contribution < 1.29 is 36.2 Å². The van der Waals surface area contributed by atoms with E-state index < -0.39 is 30.6 Å². The highest BCUT2D eigenvalue weighted by Gasteiger charge is 2.47. The Labute approximate surface area is 289 Å². The van der Waals surface area contributed by atoms with Crippen LogP contribution in [-0.2, 0) is 27.1 Å². The maximum Gasteiger partial charge on any atom is 0.457 e. The number of benzene rings is 2. The van der Waals surface area contributed by atoms with Crippen molar-refractivity contribution in [3.8, 4) is 11.5 Å². The topological polar surface area (TPSA) is 123 Å². The third-order valence-corrected chi connectivity index (χ3v) is 17.7. The van der Waals surface area contributed by atoms with Crippen molar-refractivity contribution >= 4 is 30.6 Å². The van der Waals surface area contributed by atoms with E-state index in [0.29, 0.717) is 11.5 Å². The molecule has 48 heavy (non-hydrogen) atoms. The first-order valence-corrected chi connectivity index (χ1v) is 22.6. The Morgan fingerprint density at radius 1 is 0.396 bits per heavy atom. The van der Waals surface area contributed by atoms with Crippen LogP contribution >= 0.6 is 30.6 Å². The lowest BCUT2D eigenvalue weighted by atomic mass is 10.2. The molecule has 2 aromatic carbocycles. The number of aryl methyl sites for hydroxylation is 2. The van der Waals surface area contributed by atoms with Crippen LogP contribution in [0.4, 0.5) is 0 Å². The molecule has 0 spiro atoms. The molecule has 2 aromatic rings. The second kappa shape index (κ2) is 17.3. The quantitative estimate of drug-likeness (QED) is 0.155. The van der Waals surface area contributed by atoms with Crippen LogP contribution in [0.3, 0.4) is 0 Å². The number of hydrogen-bond acceptors (Lipinski definition) is 12. The molecule has 272 valence electrons. The molecule has 16 heteroatoms. The van der Waals surface area contributed by atoms with E-state index in [1.165, 1.54) is 0 Å². The van der Waals surface area contributed by atoms with E-state index in [1.807, 2.05) is 145 Å². The molecule has 0 amide bonds. The number of rotatable bonds is 16. The van der Waals surface area contributed by atoms with Crippen LogP contribution in [0.25, 0.3) is 0 Å². The van der Waals surface area contributed by atoms with Crippen molar-refractivity contribution in [2.75, 3.05) is 0 Å². The van der Waals surface area contributed by atoms with E-state index >= 15 is 0 Å². The molecule has 0 aromatic heterocycles. The molecule has 3 rings (SSSR count). The Kier molecular flexibility index (Phi) is 14.8. The first-order valence-electron chi connectivity index (χ1n) is 16.5. The van der Waals surface area contributed by atoms with Gasteiger partial charge in [0.15, 0.2) is 0 Å². The van der Waals surface area contributed by atoms with Crippen LogP contribution in [0.1, 0.15) is 94.2 Å². The van der Waals surface area contributed by atoms with Crippen LogP contribution in [0.2, 0.25) is 0 Å². The summed E-state index contributed by atoms with van der Waals surface area (Å²) in [5.74, 6) is 0.947. The lowest BCUT2D eigenvalue weighted by Crippen LogP contribution is -2.14. The highest BCUT2D eigenvalue weighted by atomic mass is 31.3. The van der Waals surface area contributed by atoms with Gasteiger partial charge < -0.3 is 36.2 Å². The largest absolute Gasteiger partial charge is 0.457 e. The number of hydrogen-bond donors (Lipinski definition) is 0. The van der Waals surface area contributed by atoms with E-state index in [2.05, 4.69) is 0 Å². The molecule has 12 nitrogen and oxygen atoms in total. The minimum Gasteiger partial charge on any atom is -0.413 e. The molecule has 0 radical (unpaired) electrons. The molecule has 0 N–H and O–H groups in total. The van der Waals surface area contributed by atoms with Crippen molar-refractivity contribution in [3.63, 3.8) is 0 Å². The van der Waals surface area contributed by atoms with Gasteiger partial charge in [-0.1, -0.05) is 24.3 Å². The second-order valence-electron chi connectivity index (χ2n) is 13.1. The van der Waals surface area contributed by atoms with Gasteiger partial charge in [0.05, 0.1) is 36.6 Å². The normalized spacial score (nSPS) is 18.2. The smallest absolute Gasteiger partial charge is 0.413 e. The van der Waals surface area contributed by atoms with Crippen molar-refractivity contribution in [1.29, 1.82) is 0 Å². The monoisotopic (exact) mass is 748 g/mol. The van der Waals surface area contributed by atoms with E-state index in [0.717, 1.165) is 11.1 Å². The molecule has 1 aliphatic heterocycles. The zero-order chi connectivity index (χ0) is 35.9. The van der Waals surface area contributed by atoms with Gasteiger partial charge in [-0.2, -0.15) is 0 Å². The summed E-state index contributed by atoms with van der Waals surface area (Å²) < 4.78 is 74.7. The zero-order valence-electron chi connectivity index (χ0n) is 30.9. The summed E-state index contributed by atoms with van der Waals surface area (Å²) in [5.41, 5.74) is 1.94. The molecule has 0 saturated carbocycles. The molecule has 0 bridgehead atoms. The standard InChI is InChI=1S/C32H56N4O8P4/c1-23(2)37-45(38-24(3)4)33-46(39-25(5)6,40-26(7)8)35-48(43-31-19-15-17-29(13)21-31,44-32-20-16-18-30(14)22-32)36-47(34-45,41-27(9)10)42-28(11)12/h15-28H,1-14H3. The van der Waals surface area contributed by atoms with Gasteiger partial charge in [0.1, 0.15) is 11.5 Å². The molecule has 0 unspecified atom stereocenters. The summed E-state index contributed by atoms with van der Waals surface area (Å²) in [4.78, 5) is 0. The lowest BCUT2D eigenvalue weighted by molar-refractivity contribution is 0.155. The van der Waals surface area contributed by atoms with Gasteiger partial charge in [-0.25, -0.2) is 0 Å². The molecule has 1 aliphatic rings. The van der Waals surface area contributed by atoms with Crippen molar-refractivity contribution in [2.45, 2.75) is 134 Å². The summed E-state index contributed by atoms with van der Waals surface area (Å²) >= 11 is 0. The average molecular weight is 749 g/mol. The highest BCUT2D eigenvalue weighted by molar-refractivity contribution is 7.78. The van der Waals surface area contributed by atoms with Gasteiger partial charge in [-0.3, -0.25) is 0 Å². The fourth-order valence-electron chi connectivity index (χ4n) is 4.33. The molecular weight excluding hydrogens is 692 g/mol. The second-order valence-corrected chi connectivity index (χ2v) is 21.5. The Balaban J connectivity index is 2.73. The zero-order valence-corrected chi connectivity index (χ0v) is 34.5. The van der Waals surface area contributed by atoms with Crippen LogP contribution < -0.4 is 9.05 Å². The SMILES string of the molecule is Cc1cccc(OP2(Oc3cccc(C)c3)=NP(OC(C)C)(OC(C)C)=NP(OC(C)C)(OC(C)C)=NP(OC(C)C)(OC(C)C)=N2)c1. The molecular formula is C32H56N4O8P4. The van der Waals surface area contributed by atoms with Gasteiger partial charge >= 0.3 is 30.6 Å². The van der Waals surface area contributed by atoms with E-state index in [1.54, 1.807) is 0 Å². The minimum atomic E-state index is -3.97. The summed E-state index contributed by atoms with van der Waals surface area (Å²) in [6.45, 7) is 26.6. The van der Waals surface area contributed by atoms with Crippen molar-refractivity contribution in [2.24, 2.45) is 18.1 Å². The average Bonchev–Trinajstić information content (AvgIpc) is 2.84. The Morgan fingerprint density at radius 2 is 0.646 bits per heavy atom. The fraction of sp³-hybridized carbons (Fsp3) is 0.625. The predicted octanol–water partition coefficient (Wildman–Crippen LogP) is 13.1. The van der Waals surface area contributed by atoms with E-state index in [9.17, 15) is 0 Å². The highest BCUT2D eigenvalue weighted by Crippen LogP contribution is 2.81. The maximum atomic E-state index is 6.87. The van der Waals surface area contributed by atoms with Crippen LogP contribution in [-0.4, -0.2) is 36.6 Å². The fourth-order valence-corrected chi connectivity index (χ4v) is 17.6. The molecule has 0 aliphatic carbocycles. The van der Waals surface area contributed by atoms with Crippen LogP contribution in [0.5, 0.6) is 11.5 Å². The maximum absolute atomic E-state index is 6.87. The van der Waals surface area contributed by atoms with Gasteiger partial charge in [0.25, 0.3) is 0 Å². The molecule has 0 fully saturated rings. The van der Waals surface area contributed by atoms with Gasteiger partial charge in [0, 0.05) is 0 Å². The molecule has 0 saturated heterocycles. The Hall–Kier alpha value is -1.28. The van der Waals surface area contributed by atoms with Crippen molar-refractivity contribution in [3.05, 3.63) is 59.7 Å². The van der Waals surface area contributed by atoms with Gasteiger partial charge in [-0.15, -0.1) is 18.1 Å². The molecule has 0 atom stereocenters. The molecule has 1 heterocycles. The third-order valence-electron chi connectivity index (χ3n) is 5.42. The Bertz CT molecular complexity index is 1500. The van der Waals surface area contributed by atoms with E-state index in [-0.39, 0.29) is 36.6 Å². The predicted molar refractivity (Wildman–Crippen MR) is 198 cm³/mol. The van der Waals surface area contributed by atoms with Crippen LogP contribution in [0, 0.1) is 13.8 Å². The minimum absolute atomic E-state index is 0.365. The van der Waals surface area contributed by atoms with Crippen molar-refractivity contribution in [1.82, 2.24) is 0 Å². The Morgan fingerprint density at radius 3 is 0.896 bits per heavy atom. The third kappa shape index (κ3) is 12.5. The van der Waals surface area contributed by atoms with E-state index in [4.69, 9.17) is 54.3 Å². The first-order chi connectivity index (χ1) is 22.3. The van der Waals surface area contributed by atoms with Gasteiger partial charge in [-0.05, 0) is 132 Å². The summed E-state index contributed by atoms with van der Waals surface area (Å²) in [5, 5.41) is 0. The van der Waals surface area contributed by atoms with Crippen LogP contribution in [0.15, 0.2) is 66.6 Å². The summed E-state index contributed by atoms with van der Waals surface area (Å²) in [7, 11) is -15.2. The summed E-state index contributed by atoms with van der Waals surface area (Å²) in [6, 6.07) is 15.2.